The average Bonchev–Trinajstić information content (AvgIpc) is 2.72. The normalized spacial score (nSPS) is 10.4. The molecule has 0 aliphatic heterocycles. The Morgan fingerprint density at radius 3 is 2.88 bits per heavy atom. The summed E-state index contributed by atoms with van der Waals surface area (Å²) in [5, 5.41) is 3.04. The van der Waals surface area contributed by atoms with Crippen LogP contribution in [-0.4, -0.2) is 20.2 Å². The van der Waals surface area contributed by atoms with E-state index < -0.39 is 0 Å². The van der Waals surface area contributed by atoms with Gasteiger partial charge in [-0.15, -0.1) is 11.3 Å². The van der Waals surface area contributed by atoms with Crippen molar-refractivity contribution in [3.63, 3.8) is 0 Å². The monoisotopic (exact) mass is 236 g/mol. The van der Waals surface area contributed by atoms with Gasteiger partial charge in [-0.3, -0.25) is 4.79 Å². The maximum atomic E-state index is 11.2. The molecule has 0 bridgehead atoms. The topological polar surface area (TPSA) is 35.5 Å². The number of carbonyl (C=O) groups is 1. The van der Waals surface area contributed by atoms with Crippen LogP contribution in [0.25, 0.3) is 10.1 Å². The van der Waals surface area contributed by atoms with Crippen LogP contribution >= 0.6 is 11.3 Å². The molecule has 2 rings (SSSR count). The minimum atomic E-state index is -0.220. The molecule has 1 aromatic heterocycles. The van der Waals surface area contributed by atoms with Crippen molar-refractivity contribution >= 4 is 27.4 Å². The lowest BCUT2D eigenvalue weighted by Gasteiger charge is -2.01. The van der Waals surface area contributed by atoms with Crippen molar-refractivity contribution in [2.75, 3.05) is 14.2 Å². The third kappa shape index (κ3) is 1.88. The number of methoxy groups -OCH3 is 2. The first-order valence-electron chi connectivity index (χ1n) is 4.86. The van der Waals surface area contributed by atoms with Gasteiger partial charge in [-0.05, 0) is 22.4 Å². The lowest BCUT2D eigenvalue weighted by Crippen LogP contribution is -2.03. The van der Waals surface area contributed by atoms with Crippen LogP contribution in [0.3, 0.4) is 0 Å². The first kappa shape index (κ1) is 11.0. The summed E-state index contributed by atoms with van der Waals surface area (Å²) in [6.07, 6.45) is 0.309. The Morgan fingerprint density at radius 1 is 1.38 bits per heavy atom. The van der Waals surface area contributed by atoms with E-state index in [-0.39, 0.29) is 5.97 Å². The number of hydrogen-bond donors (Lipinski definition) is 0. The molecule has 0 radical (unpaired) electrons. The fourth-order valence-electron chi connectivity index (χ4n) is 1.61. The SMILES string of the molecule is COC(=O)Cc1csc2c(OC)cccc12. The van der Waals surface area contributed by atoms with Crippen LogP contribution in [0.4, 0.5) is 0 Å². The first-order chi connectivity index (χ1) is 7.76. The van der Waals surface area contributed by atoms with Gasteiger partial charge in [0, 0.05) is 0 Å². The van der Waals surface area contributed by atoms with Crippen LogP contribution in [0.15, 0.2) is 23.6 Å². The van der Waals surface area contributed by atoms with Crippen LogP contribution in [0.5, 0.6) is 5.75 Å². The standard InChI is InChI=1S/C12H12O3S/c1-14-10-5-3-4-9-8(6-11(13)15-2)7-16-12(9)10/h3-5,7H,6H2,1-2H3. The quantitative estimate of drug-likeness (QED) is 0.768. The molecule has 0 aliphatic rings. The van der Waals surface area contributed by atoms with Gasteiger partial charge in [0.25, 0.3) is 0 Å². The van der Waals surface area contributed by atoms with Gasteiger partial charge in [-0.2, -0.15) is 0 Å². The summed E-state index contributed by atoms with van der Waals surface area (Å²) in [6.45, 7) is 0. The minimum Gasteiger partial charge on any atom is -0.495 e. The zero-order valence-corrected chi connectivity index (χ0v) is 9.97. The molecule has 3 nitrogen and oxygen atoms in total. The molecule has 0 aliphatic carbocycles. The molecular formula is C12H12O3S. The number of rotatable bonds is 3. The summed E-state index contributed by atoms with van der Waals surface area (Å²) >= 11 is 1.58. The smallest absolute Gasteiger partial charge is 0.310 e. The van der Waals surface area contributed by atoms with E-state index in [4.69, 9.17) is 4.74 Å². The van der Waals surface area contributed by atoms with Crippen LogP contribution in [0.2, 0.25) is 0 Å². The lowest BCUT2D eigenvalue weighted by atomic mass is 10.1. The number of fused-ring (bicyclic) bond motifs is 1. The van der Waals surface area contributed by atoms with Crippen LogP contribution in [-0.2, 0) is 16.0 Å². The zero-order valence-electron chi connectivity index (χ0n) is 9.15. The minimum absolute atomic E-state index is 0.220. The zero-order chi connectivity index (χ0) is 11.5. The summed E-state index contributed by atoms with van der Waals surface area (Å²) in [7, 11) is 3.05. The Labute approximate surface area is 97.6 Å². The molecule has 1 heterocycles. The fourth-order valence-corrected chi connectivity index (χ4v) is 2.67. The highest BCUT2D eigenvalue weighted by atomic mass is 32.1. The maximum Gasteiger partial charge on any atom is 0.310 e. The highest BCUT2D eigenvalue weighted by Crippen LogP contribution is 2.33. The first-order valence-corrected chi connectivity index (χ1v) is 5.74. The van der Waals surface area contributed by atoms with E-state index in [0.29, 0.717) is 6.42 Å². The van der Waals surface area contributed by atoms with Crippen molar-refractivity contribution in [3.8, 4) is 5.75 Å². The Hall–Kier alpha value is -1.55. The highest BCUT2D eigenvalue weighted by molar-refractivity contribution is 7.17. The molecule has 0 amide bonds. The number of benzene rings is 1. The second-order valence-electron chi connectivity index (χ2n) is 3.35. The van der Waals surface area contributed by atoms with Gasteiger partial charge in [0.05, 0.1) is 25.3 Å². The summed E-state index contributed by atoms with van der Waals surface area (Å²) in [5.41, 5.74) is 0.991. The Kier molecular flexibility index (Phi) is 3.10. The van der Waals surface area contributed by atoms with Crippen molar-refractivity contribution in [3.05, 3.63) is 29.1 Å². The average molecular weight is 236 g/mol. The molecule has 1 aromatic carbocycles. The summed E-state index contributed by atoms with van der Waals surface area (Å²) in [5.74, 6) is 0.626. The van der Waals surface area contributed by atoms with Gasteiger partial charge in [-0.25, -0.2) is 0 Å². The van der Waals surface area contributed by atoms with Gasteiger partial charge in [-0.1, -0.05) is 12.1 Å². The van der Waals surface area contributed by atoms with E-state index >= 15 is 0 Å². The molecule has 2 aromatic rings. The Bertz CT molecular complexity index is 516. The third-order valence-corrected chi connectivity index (χ3v) is 3.49. The third-order valence-electron chi connectivity index (χ3n) is 2.43. The summed E-state index contributed by atoms with van der Waals surface area (Å²) in [6, 6.07) is 5.84. The van der Waals surface area contributed by atoms with Crippen molar-refractivity contribution in [2.24, 2.45) is 0 Å². The molecule has 4 heteroatoms. The molecule has 0 saturated carbocycles. The van der Waals surface area contributed by atoms with Gasteiger partial charge in [0.2, 0.25) is 0 Å². The van der Waals surface area contributed by atoms with Gasteiger partial charge in [0.15, 0.2) is 0 Å². The van der Waals surface area contributed by atoms with Gasteiger partial charge in [0.1, 0.15) is 5.75 Å². The van der Waals surface area contributed by atoms with Crippen molar-refractivity contribution in [1.29, 1.82) is 0 Å². The van der Waals surface area contributed by atoms with E-state index in [0.717, 1.165) is 21.4 Å². The molecule has 16 heavy (non-hydrogen) atoms. The largest absolute Gasteiger partial charge is 0.495 e. The number of carbonyl (C=O) groups excluding carboxylic acids is 1. The summed E-state index contributed by atoms with van der Waals surface area (Å²) < 4.78 is 11.0. The summed E-state index contributed by atoms with van der Waals surface area (Å²) in [4.78, 5) is 11.2. The van der Waals surface area contributed by atoms with Crippen LogP contribution in [0, 0.1) is 0 Å². The van der Waals surface area contributed by atoms with Crippen molar-refractivity contribution in [1.82, 2.24) is 0 Å². The molecule has 0 atom stereocenters. The van der Waals surface area contributed by atoms with Crippen LogP contribution in [0.1, 0.15) is 5.56 Å². The second-order valence-corrected chi connectivity index (χ2v) is 4.23. The van der Waals surface area contributed by atoms with E-state index in [2.05, 4.69) is 4.74 Å². The molecule has 84 valence electrons. The number of hydrogen-bond acceptors (Lipinski definition) is 4. The van der Waals surface area contributed by atoms with Crippen molar-refractivity contribution < 1.29 is 14.3 Å². The fraction of sp³-hybridized carbons (Fsp3) is 0.250. The number of ether oxygens (including phenoxy) is 2. The molecule has 0 unspecified atom stereocenters. The number of esters is 1. The molecular weight excluding hydrogens is 224 g/mol. The van der Waals surface area contributed by atoms with Crippen LogP contribution < -0.4 is 4.74 Å². The molecule has 0 spiro atoms. The lowest BCUT2D eigenvalue weighted by molar-refractivity contribution is -0.139. The van der Waals surface area contributed by atoms with Gasteiger partial charge >= 0.3 is 5.97 Å². The second kappa shape index (κ2) is 4.53. The predicted molar refractivity (Wildman–Crippen MR) is 64.1 cm³/mol. The highest BCUT2D eigenvalue weighted by Gasteiger charge is 2.11. The van der Waals surface area contributed by atoms with E-state index in [9.17, 15) is 4.79 Å². The van der Waals surface area contributed by atoms with Gasteiger partial charge < -0.3 is 9.47 Å². The molecule has 0 saturated heterocycles. The van der Waals surface area contributed by atoms with E-state index in [1.807, 2.05) is 23.6 Å². The van der Waals surface area contributed by atoms with Crippen molar-refractivity contribution in [2.45, 2.75) is 6.42 Å². The molecule has 0 N–H and O–H groups in total. The van der Waals surface area contributed by atoms with E-state index in [1.54, 1.807) is 18.4 Å². The Balaban J connectivity index is 2.45. The molecule has 0 fully saturated rings. The predicted octanol–water partition coefficient (Wildman–Crippen LogP) is 2.63. The Morgan fingerprint density at radius 2 is 2.19 bits per heavy atom. The maximum absolute atomic E-state index is 11.2. The number of thiophene rings is 1. The van der Waals surface area contributed by atoms with E-state index in [1.165, 1.54) is 7.11 Å².